The quantitative estimate of drug-likeness (QED) is 0.906. The summed E-state index contributed by atoms with van der Waals surface area (Å²) >= 11 is 0. The van der Waals surface area contributed by atoms with Crippen molar-refractivity contribution in [1.29, 1.82) is 0 Å². The van der Waals surface area contributed by atoms with Gasteiger partial charge in [-0.2, -0.15) is 4.68 Å². The standard InChI is InChI=1S/C13H22N2O4/c1-12(2,3)19-11(17)15-7-6-10(14-15)18-9-13(4,5)8-16/h6-7,16H,8-9H2,1-5H3. The molecule has 0 fully saturated rings. The molecule has 1 aromatic heterocycles. The van der Waals surface area contributed by atoms with E-state index in [1.165, 1.54) is 6.20 Å². The first kappa shape index (κ1) is 15.5. The third kappa shape index (κ3) is 5.30. The van der Waals surface area contributed by atoms with Gasteiger partial charge in [-0.15, -0.1) is 5.10 Å². The lowest BCUT2D eigenvalue weighted by molar-refractivity contribution is 0.0507. The predicted octanol–water partition coefficient (Wildman–Crippen LogP) is 2.06. The van der Waals surface area contributed by atoms with Gasteiger partial charge in [-0.25, -0.2) is 4.79 Å². The minimum absolute atomic E-state index is 0.0137. The van der Waals surface area contributed by atoms with Crippen LogP contribution in [0.1, 0.15) is 34.6 Å². The summed E-state index contributed by atoms with van der Waals surface area (Å²) in [4.78, 5) is 11.7. The molecule has 0 amide bonds. The summed E-state index contributed by atoms with van der Waals surface area (Å²) in [7, 11) is 0. The molecular formula is C13H22N2O4. The molecule has 0 spiro atoms. The van der Waals surface area contributed by atoms with E-state index < -0.39 is 11.7 Å². The minimum Gasteiger partial charge on any atom is -0.476 e. The van der Waals surface area contributed by atoms with Crippen LogP contribution in [0.2, 0.25) is 0 Å². The smallest absolute Gasteiger partial charge is 0.435 e. The van der Waals surface area contributed by atoms with E-state index in [1.807, 2.05) is 13.8 Å². The van der Waals surface area contributed by atoms with Crippen LogP contribution in [0.4, 0.5) is 4.79 Å². The SMILES string of the molecule is CC(C)(CO)COc1ccn(C(=O)OC(C)(C)C)n1. The largest absolute Gasteiger partial charge is 0.476 e. The Bertz CT molecular complexity index is 432. The Balaban J connectivity index is 2.60. The number of aliphatic hydroxyl groups excluding tert-OH is 1. The fourth-order valence-corrected chi connectivity index (χ4v) is 1.11. The van der Waals surface area contributed by atoms with E-state index in [2.05, 4.69) is 5.10 Å². The highest BCUT2D eigenvalue weighted by atomic mass is 16.6. The molecule has 108 valence electrons. The Hall–Kier alpha value is -1.56. The first-order valence-corrected chi connectivity index (χ1v) is 6.16. The van der Waals surface area contributed by atoms with E-state index in [4.69, 9.17) is 14.6 Å². The fraction of sp³-hybridized carbons (Fsp3) is 0.692. The third-order valence-electron chi connectivity index (χ3n) is 2.18. The molecule has 6 heteroatoms. The average Bonchev–Trinajstić information content (AvgIpc) is 2.73. The lowest BCUT2D eigenvalue weighted by atomic mass is 9.97. The molecule has 0 saturated heterocycles. The van der Waals surface area contributed by atoms with E-state index in [9.17, 15) is 4.79 Å². The zero-order chi connectivity index (χ0) is 14.7. The maximum absolute atomic E-state index is 11.7. The molecule has 6 nitrogen and oxygen atoms in total. The van der Waals surface area contributed by atoms with Gasteiger partial charge in [0, 0.05) is 17.7 Å². The first-order chi connectivity index (χ1) is 8.63. The normalized spacial score (nSPS) is 12.3. The van der Waals surface area contributed by atoms with Crippen molar-refractivity contribution >= 4 is 6.09 Å². The maximum Gasteiger partial charge on any atom is 0.435 e. The number of carbonyl (C=O) groups is 1. The number of carbonyl (C=O) groups excluding carboxylic acids is 1. The molecule has 0 aliphatic rings. The summed E-state index contributed by atoms with van der Waals surface area (Å²) in [6.07, 6.45) is 0.929. The van der Waals surface area contributed by atoms with Gasteiger partial charge in [0.2, 0.25) is 5.88 Å². The van der Waals surface area contributed by atoms with E-state index in [-0.39, 0.29) is 12.0 Å². The lowest BCUT2D eigenvalue weighted by Crippen LogP contribution is -2.27. The van der Waals surface area contributed by atoms with Crippen molar-refractivity contribution in [1.82, 2.24) is 9.78 Å². The molecule has 0 aromatic carbocycles. The summed E-state index contributed by atoms with van der Waals surface area (Å²) in [5, 5.41) is 13.1. The highest BCUT2D eigenvalue weighted by Gasteiger charge is 2.20. The fourth-order valence-electron chi connectivity index (χ4n) is 1.11. The maximum atomic E-state index is 11.7. The number of rotatable bonds is 4. The van der Waals surface area contributed by atoms with Crippen LogP contribution < -0.4 is 4.74 Å². The van der Waals surface area contributed by atoms with Gasteiger partial charge in [-0.1, -0.05) is 13.8 Å². The highest BCUT2D eigenvalue weighted by molar-refractivity contribution is 5.69. The van der Waals surface area contributed by atoms with Crippen molar-refractivity contribution in [3.63, 3.8) is 0 Å². The number of aliphatic hydroxyl groups is 1. The second-order valence-electron chi connectivity index (χ2n) is 6.19. The molecule has 1 heterocycles. The van der Waals surface area contributed by atoms with Crippen LogP contribution in [0.15, 0.2) is 12.3 Å². The van der Waals surface area contributed by atoms with Crippen molar-refractivity contribution in [2.24, 2.45) is 5.41 Å². The third-order valence-corrected chi connectivity index (χ3v) is 2.18. The van der Waals surface area contributed by atoms with E-state index in [1.54, 1.807) is 26.8 Å². The van der Waals surface area contributed by atoms with Gasteiger partial charge >= 0.3 is 6.09 Å². The molecule has 1 aromatic rings. The molecule has 0 radical (unpaired) electrons. The van der Waals surface area contributed by atoms with Gasteiger partial charge in [0.25, 0.3) is 0 Å². The van der Waals surface area contributed by atoms with Crippen molar-refractivity contribution < 1.29 is 19.4 Å². The van der Waals surface area contributed by atoms with Crippen LogP contribution in [0.25, 0.3) is 0 Å². The summed E-state index contributed by atoms with van der Waals surface area (Å²) in [6, 6.07) is 1.58. The number of ether oxygens (including phenoxy) is 2. The van der Waals surface area contributed by atoms with Crippen LogP contribution in [-0.4, -0.2) is 39.8 Å². The molecule has 0 unspecified atom stereocenters. The molecular weight excluding hydrogens is 248 g/mol. The van der Waals surface area contributed by atoms with Crippen molar-refractivity contribution in [3.8, 4) is 5.88 Å². The molecule has 1 N–H and O–H groups in total. The van der Waals surface area contributed by atoms with Crippen LogP contribution in [0, 0.1) is 5.41 Å². The number of nitrogens with zero attached hydrogens (tertiary/aromatic N) is 2. The Kier molecular flexibility index (Phi) is 4.57. The Morgan fingerprint density at radius 1 is 1.37 bits per heavy atom. The van der Waals surface area contributed by atoms with E-state index >= 15 is 0 Å². The molecule has 1 rings (SSSR count). The zero-order valence-corrected chi connectivity index (χ0v) is 12.1. The van der Waals surface area contributed by atoms with Crippen molar-refractivity contribution in [2.45, 2.75) is 40.2 Å². The number of hydrogen-bond acceptors (Lipinski definition) is 5. The summed E-state index contributed by atoms with van der Waals surface area (Å²) in [5.41, 5.74) is -0.918. The molecule has 0 aliphatic heterocycles. The number of aromatic nitrogens is 2. The zero-order valence-electron chi connectivity index (χ0n) is 12.1. The summed E-state index contributed by atoms with van der Waals surface area (Å²) < 4.78 is 11.7. The van der Waals surface area contributed by atoms with Crippen LogP contribution in [0.3, 0.4) is 0 Å². The van der Waals surface area contributed by atoms with Crippen molar-refractivity contribution in [3.05, 3.63) is 12.3 Å². The number of hydrogen-bond donors (Lipinski definition) is 1. The minimum atomic E-state index is -0.567. The van der Waals surface area contributed by atoms with Gasteiger partial charge in [0.15, 0.2) is 0 Å². The summed E-state index contributed by atoms with van der Waals surface area (Å²) in [5.74, 6) is 0.326. The van der Waals surface area contributed by atoms with Gasteiger partial charge in [-0.3, -0.25) is 0 Å². The van der Waals surface area contributed by atoms with Crippen LogP contribution >= 0.6 is 0 Å². The van der Waals surface area contributed by atoms with Gasteiger partial charge < -0.3 is 14.6 Å². The Labute approximate surface area is 113 Å². The summed E-state index contributed by atoms with van der Waals surface area (Å²) in [6.45, 7) is 9.44. The first-order valence-electron chi connectivity index (χ1n) is 6.16. The molecule has 19 heavy (non-hydrogen) atoms. The predicted molar refractivity (Wildman–Crippen MR) is 70.2 cm³/mol. The van der Waals surface area contributed by atoms with Gasteiger partial charge in [-0.05, 0) is 20.8 Å². The average molecular weight is 270 g/mol. The lowest BCUT2D eigenvalue weighted by Gasteiger charge is -2.20. The molecule has 0 saturated carbocycles. The van der Waals surface area contributed by atoms with Gasteiger partial charge in [0.1, 0.15) is 5.60 Å². The highest BCUT2D eigenvalue weighted by Crippen LogP contribution is 2.17. The van der Waals surface area contributed by atoms with Crippen LogP contribution in [0.5, 0.6) is 5.88 Å². The van der Waals surface area contributed by atoms with Crippen molar-refractivity contribution in [2.75, 3.05) is 13.2 Å². The van der Waals surface area contributed by atoms with Gasteiger partial charge in [0.05, 0.1) is 13.2 Å². The monoisotopic (exact) mass is 270 g/mol. The molecule has 0 aliphatic carbocycles. The van der Waals surface area contributed by atoms with E-state index in [0.717, 1.165) is 4.68 Å². The van der Waals surface area contributed by atoms with E-state index in [0.29, 0.717) is 12.5 Å². The Morgan fingerprint density at radius 3 is 2.53 bits per heavy atom. The second-order valence-corrected chi connectivity index (χ2v) is 6.19. The van der Waals surface area contributed by atoms with Crippen LogP contribution in [-0.2, 0) is 4.74 Å². The topological polar surface area (TPSA) is 73.6 Å². The molecule has 0 atom stereocenters. The Morgan fingerprint density at radius 2 is 2.00 bits per heavy atom. The second kappa shape index (κ2) is 5.61. The molecule has 0 bridgehead atoms.